The molecule has 2 rings (SSSR count). The fraction of sp³-hybridized carbons (Fsp3) is 0.333. The summed E-state index contributed by atoms with van der Waals surface area (Å²) in [7, 11) is 1.10. The fourth-order valence-corrected chi connectivity index (χ4v) is 2.67. The van der Waals surface area contributed by atoms with Crippen molar-refractivity contribution in [3.05, 3.63) is 35.9 Å². The average molecular weight is 216 g/mol. The highest BCUT2D eigenvalue weighted by Crippen LogP contribution is 2.55. The molecule has 0 aromatic heterocycles. The van der Waals surface area contributed by atoms with Crippen molar-refractivity contribution in [2.75, 3.05) is 13.6 Å². The van der Waals surface area contributed by atoms with Gasteiger partial charge in [-0.15, -0.1) is 0 Å². The van der Waals surface area contributed by atoms with Gasteiger partial charge in [0.1, 0.15) is 6.10 Å². The van der Waals surface area contributed by atoms with Crippen LogP contribution in [0, 0.1) is 0 Å². The predicted molar refractivity (Wildman–Crippen MR) is 55.7 cm³/mol. The minimum absolute atomic E-state index is 0.148. The number of halogens is 1. The molecular weight excluding hydrogens is 205 g/mol. The number of benzene rings is 1. The second-order valence-corrected chi connectivity index (χ2v) is 5.28. The first-order valence-corrected chi connectivity index (χ1v) is 6.28. The van der Waals surface area contributed by atoms with E-state index in [9.17, 15) is 0 Å². The second-order valence-electron chi connectivity index (χ2n) is 3.07. The zero-order valence-corrected chi connectivity index (χ0v) is 9.00. The Kier molecular flexibility index (Phi) is 2.85. The summed E-state index contributed by atoms with van der Waals surface area (Å²) in [6.07, 6.45) is 0.148. The summed E-state index contributed by atoms with van der Waals surface area (Å²) < 4.78 is 7.67. The lowest BCUT2D eigenvalue weighted by Gasteiger charge is -2.07. The van der Waals surface area contributed by atoms with Crippen LogP contribution in [-0.2, 0) is 4.52 Å². The second kappa shape index (κ2) is 3.93. The molecule has 0 spiro atoms. The third kappa shape index (κ3) is 2.03. The first-order valence-electron chi connectivity index (χ1n) is 4.16. The highest BCUT2D eigenvalue weighted by atomic mass is 35.7. The first-order chi connectivity index (χ1) is 6.27. The molecule has 1 fully saturated rings. The Morgan fingerprint density at radius 3 is 2.69 bits per heavy atom. The monoisotopic (exact) mass is 215 g/mol. The van der Waals surface area contributed by atoms with Crippen molar-refractivity contribution in [2.45, 2.75) is 6.10 Å². The number of hydrogen-bond acceptors (Lipinski definition) is 2. The molecule has 0 aliphatic carbocycles. The Bertz CT molecular complexity index is 272. The van der Waals surface area contributed by atoms with Gasteiger partial charge < -0.3 is 4.52 Å². The lowest BCUT2D eigenvalue weighted by atomic mass is 10.1. The van der Waals surface area contributed by atoms with Gasteiger partial charge in [-0.2, -0.15) is 0 Å². The quantitative estimate of drug-likeness (QED) is 0.668. The summed E-state index contributed by atoms with van der Waals surface area (Å²) in [6.45, 7) is 0.888. The van der Waals surface area contributed by atoms with E-state index in [0.717, 1.165) is 6.54 Å². The van der Waals surface area contributed by atoms with E-state index in [1.807, 2.05) is 25.2 Å². The molecule has 13 heavy (non-hydrogen) atoms. The van der Waals surface area contributed by atoms with Crippen LogP contribution in [0.15, 0.2) is 30.3 Å². The maximum absolute atomic E-state index is 5.98. The molecule has 1 saturated heterocycles. The van der Waals surface area contributed by atoms with E-state index < -0.39 is 7.65 Å². The molecule has 1 aromatic rings. The van der Waals surface area contributed by atoms with Crippen LogP contribution in [0.2, 0.25) is 0 Å². The summed E-state index contributed by atoms with van der Waals surface area (Å²) in [4.78, 5) is 0. The molecule has 1 aromatic carbocycles. The maximum Gasteiger partial charge on any atom is 0.207 e. The number of likely N-dealkylation sites (N-methyl/N-ethyl adjacent to an activating group) is 1. The highest BCUT2D eigenvalue weighted by molar-refractivity contribution is 7.78. The number of nitrogens with zero attached hydrogens (tertiary/aromatic N) is 1. The smallest absolute Gasteiger partial charge is 0.207 e. The predicted octanol–water partition coefficient (Wildman–Crippen LogP) is 3.16. The first kappa shape index (κ1) is 9.42. The van der Waals surface area contributed by atoms with Gasteiger partial charge in [-0.1, -0.05) is 30.3 Å². The average Bonchev–Trinajstić information content (AvgIpc) is 2.49. The van der Waals surface area contributed by atoms with Crippen molar-refractivity contribution in [3.8, 4) is 0 Å². The van der Waals surface area contributed by atoms with Gasteiger partial charge >= 0.3 is 0 Å². The zero-order valence-electron chi connectivity index (χ0n) is 7.35. The third-order valence-electron chi connectivity index (χ3n) is 2.08. The van der Waals surface area contributed by atoms with Crippen molar-refractivity contribution in [3.63, 3.8) is 0 Å². The molecule has 0 bridgehead atoms. The van der Waals surface area contributed by atoms with Crippen LogP contribution in [0.3, 0.4) is 0 Å². The van der Waals surface area contributed by atoms with E-state index >= 15 is 0 Å². The molecule has 0 amide bonds. The van der Waals surface area contributed by atoms with Crippen LogP contribution in [0.1, 0.15) is 11.7 Å². The largest absolute Gasteiger partial charge is 0.322 e. The molecule has 1 aliphatic rings. The van der Waals surface area contributed by atoms with Crippen LogP contribution in [0.5, 0.6) is 0 Å². The molecule has 2 nitrogen and oxygen atoms in total. The number of rotatable bonds is 1. The molecule has 2 atom stereocenters. The molecule has 1 aliphatic heterocycles. The molecule has 4 heteroatoms. The minimum Gasteiger partial charge on any atom is -0.322 e. The van der Waals surface area contributed by atoms with Crippen LogP contribution < -0.4 is 0 Å². The Hall–Kier alpha value is -0.140. The van der Waals surface area contributed by atoms with Gasteiger partial charge in [0.2, 0.25) is 7.65 Å². The summed E-state index contributed by atoms with van der Waals surface area (Å²) in [6, 6.07) is 10.2. The lowest BCUT2D eigenvalue weighted by Crippen LogP contribution is -2.08. The molecular formula is C9H11ClNOP. The number of hydrogen-bond donors (Lipinski definition) is 0. The van der Waals surface area contributed by atoms with Crippen LogP contribution in [0.25, 0.3) is 0 Å². The molecule has 1 heterocycles. The topological polar surface area (TPSA) is 12.5 Å². The summed E-state index contributed by atoms with van der Waals surface area (Å²) >= 11 is 5.98. The molecule has 70 valence electrons. The Morgan fingerprint density at radius 1 is 1.46 bits per heavy atom. The summed E-state index contributed by atoms with van der Waals surface area (Å²) in [5, 5.41) is 0. The standard InChI is InChI=1S/C9H11ClNOP/c1-11-7-9(12-13(11)10)8-5-3-2-4-6-8/h2-6,9H,7H2,1H3/t9-,13?/m1/s1. The highest BCUT2D eigenvalue weighted by Gasteiger charge is 2.30. The van der Waals surface area contributed by atoms with Gasteiger partial charge in [-0.3, -0.25) is 0 Å². The fourth-order valence-electron chi connectivity index (χ4n) is 1.36. The van der Waals surface area contributed by atoms with E-state index in [-0.39, 0.29) is 6.10 Å². The van der Waals surface area contributed by atoms with Crippen molar-refractivity contribution in [1.82, 2.24) is 4.67 Å². The van der Waals surface area contributed by atoms with Gasteiger partial charge in [-0.25, -0.2) is 4.67 Å². The van der Waals surface area contributed by atoms with Crippen LogP contribution >= 0.6 is 18.9 Å². The zero-order chi connectivity index (χ0) is 9.26. The lowest BCUT2D eigenvalue weighted by molar-refractivity contribution is 0.266. The maximum atomic E-state index is 5.98. The molecule has 0 radical (unpaired) electrons. The molecule has 0 N–H and O–H groups in total. The van der Waals surface area contributed by atoms with Gasteiger partial charge in [0.15, 0.2) is 0 Å². The van der Waals surface area contributed by atoms with Crippen molar-refractivity contribution in [2.24, 2.45) is 0 Å². The Labute approximate surface area is 84.1 Å². The van der Waals surface area contributed by atoms with E-state index in [4.69, 9.17) is 15.8 Å². The van der Waals surface area contributed by atoms with E-state index in [1.54, 1.807) is 0 Å². The summed E-state index contributed by atoms with van der Waals surface area (Å²) in [5.74, 6) is 0. The van der Waals surface area contributed by atoms with Gasteiger partial charge in [0.05, 0.1) is 0 Å². The SMILES string of the molecule is CN1C[C@H](c2ccccc2)OP1Cl. The third-order valence-corrected chi connectivity index (χ3v) is 4.23. The van der Waals surface area contributed by atoms with E-state index in [2.05, 4.69) is 16.8 Å². The Balaban J connectivity index is 2.12. The van der Waals surface area contributed by atoms with E-state index in [0.29, 0.717) is 0 Å². The molecule has 1 unspecified atom stereocenters. The van der Waals surface area contributed by atoms with Gasteiger partial charge in [0, 0.05) is 6.54 Å². The molecule has 0 saturated carbocycles. The van der Waals surface area contributed by atoms with E-state index in [1.165, 1.54) is 5.56 Å². The van der Waals surface area contributed by atoms with Gasteiger partial charge in [0.25, 0.3) is 0 Å². The minimum atomic E-state index is -0.884. The van der Waals surface area contributed by atoms with Crippen molar-refractivity contribution < 1.29 is 4.52 Å². The normalized spacial score (nSPS) is 29.4. The van der Waals surface area contributed by atoms with Crippen molar-refractivity contribution in [1.29, 1.82) is 0 Å². The van der Waals surface area contributed by atoms with Crippen LogP contribution in [-0.4, -0.2) is 18.3 Å². The Morgan fingerprint density at radius 2 is 2.15 bits per heavy atom. The van der Waals surface area contributed by atoms with Crippen molar-refractivity contribution >= 4 is 18.9 Å². The summed E-state index contributed by atoms with van der Waals surface area (Å²) in [5.41, 5.74) is 1.21. The van der Waals surface area contributed by atoms with Crippen LogP contribution in [0.4, 0.5) is 0 Å². The van der Waals surface area contributed by atoms with Gasteiger partial charge in [-0.05, 0) is 23.9 Å².